The smallest absolute Gasteiger partial charge is 0.171 e. The van der Waals surface area contributed by atoms with Crippen molar-refractivity contribution >= 4 is 17.3 Å². The molecule has 0 fully saturated rings. The Hall–Kier alpha value is -2.35. The highest BCUT2D eigenvalue weighted by molar-refractivity contribution is 6.30. The number of benzene rings is 1. The second-order valence-electron chi connectivity index (χ2n) is 3.66. The number of hydrogen-bond acceptors (Lipinski definition) is 4. The first-order valence-electron chi connectivity index (χ1n) is 5.14. The molecule has 0 bridgehead atoms. The van der Waals surface area contributed by atoms with Crippen LogP contribution in [0.2, 0.25) is 5.02 Å². The summed E-state index contributed by atoms with van der Waals surface area (Å²) in [5, 5.41) is 34.7. The van der Waals surface area contributed by atoms with Gasteiger partial charge in [-0.15, -0.1) is 0 Å². The van der Waals surface area contributed by atoms with Gasteiger partial charge in [-0.2, -0.15) is 15.8 Å². The monoisotopic (exact) mass is 256 g/mol. The third-order valence-corrected chi connectivity index (χ3v) is 2.71. The molecule has 0 aliphatic heterocycles. The minimum atomic E-state index is -1.16. The van der Waals surface area contributed by atoms with Crippen LogP contribution in [0.15, 0.2) is 24.3 Å². The summed E-state index contributed by atoms with van der Waals surface area (Å²) in [6.07, 6.45) is 0.298. The molecule has 1 aromatic rings. The van der Waals surface area contributed by atoms with E-state index in [4.69, 9.17) is 32.8 Å². The number of halogens is 1. The summed E-state index contributed by atoms with van der Waals surface area (Å²) >= 11 is 5.75. The summed E-state index contributed by atoms with van der Waals surface area (Å²) < 4.78 is 0. The quantitative estimate of drug-likeness (QED) is 0.839. The van der Waals surface area contributed by atoms with E-state index in [1.807, 2.05) is 6.07 Å². The van der Waals surface area contributed by atoms with Crippen molar-refractivity contribution < 1.29 is 0 Å². The fraction of sp³-hybridized carbons (Fsp3) is 0.231. The third kappa shape index (κ3) is 3.32. The summed E-state index contributed by atoms with van der Waals surface area (Å²) in [5.41, 5.74) is 0.683. The topological polar surface area (TPSA) is 95.2 Å². The molecule has 0 amide bonds. The second-order valence-corrected chi connectivity index (χ2v) is 4.10. The van der Waals surface area contributed by atoms with Crippen LogP contribution < -0.4 is 0 Å². The standard InChI is InChI=1S/C13H9ClN4/c14-12-3-1-9(2-4-12)5-10(6-15)13(18)11(7-16)8-17/h1-4,10-11,18H,5H2/t10-/m1/s1. The van der Waals surface area contributed by atoms with Crippen LogP contribution in [-0.2, 0) is 6.42 Å². The van der Waals surface area contributed by atoms with E-state index < -0.39 is 11.8 Å². The molecular formula is C13H9ClN4. The highest BCUT2D eigenvalue weighted by Crippen LogP contribution is 2.16. The molecule has 1 rings (SSSR count). The third-order valence-electron chi connectivity index (χ3n) is 2.45. The van der Waals surface area contributed by atoms with Crippen LogP contribution in [0.3, 0.4) is 0 Å². The summed E-state index contributed by atoms with van der Waals surface area (Å²) in [7, 11) is 0. The van der Waals surface area contributed by atoms with Crippen LogP contribution in [-0.4, -0.2) is 5.71 Å². The molecule has 4 nitrogen and oxygen atoms in total. The van der Waals surface area contributed by atoms with Crippen LogP contribution in [0.25, 0.3) is 0 Å². The lowest BCUT2D eigenvalue weighted by atomic mass is 9.89. The maximum atomic E-state index is 9.02. The highest BCUT2D eigenvalue weighted by atomic mass is 35.5. The average Bonchev–Trinajstić information content (AvgIpc) is 2.39. The Morgan fingerprint density at radius 2 is 1.67 bits per heavy atom. The van der Waals surface area contributed by atoms with Crippen molar-refractivity contribution in [3.63, 3.8) is 0 Å². The SMILES string of the molecule is N#CC(C#N)C(=N)[C@@H](C#N)Cc1ccc(Cl)cc1. The fourth-order valence-corrected chi connectivity index (χ4v) is 1.58. The van der Waals surface area contributed by atoms with Crippen molar-refractivity contribution in [3.05, 3.63) is 34.9 Å². The maximum absolute atomic E-state index is 9.02. The largest absolute Gasteiger partial charge is 0.306 e. The van der Waals surface area contributed by atoms with Gasteiger partial charge in [-0.05, 0) is 24.1 Å². The van der Waals surface area contributed by atoms with E-state index in [2.05, 4.69) is 0 Å². The second kappa shape index (κ2) is 6.40. The van der Waals surface area contributed by atoms with E-state index in [9.17, 15) is 0 Å². The summed E-state index contributed by atoms with van der Waals surface area (Å²) in [6, 6.07) is 12.3. The molecule has 0 unspecified atom stereocenters. The zero-order valence-corrected chi connectivity index (χ0v) is 10.1. The predicted molar refractivity (Wildman–Crippen MR) is 66.7 cm³/mol. The van der Waals surface area contributed by atoms with E-state index in [-0.39, 0.29) is 5.71 Å². The van der Waals surface area contributed by atoms with Gasteiger partial charge in [-0.25, -0.2) is 0 Å². The fourth-order valence-electron chi connectivity index (χ4n) is 1.45. The molecule has 88 valence electrons. The molecule has 0 saturated carbocycles. The number of hydrogen-bond donors (Lipinski definition) is 1. The van der Waals surface area contributed by atoms with Crippen LogP contribution in [0.5, 0.6) is 0 Å². The molecule has 18 heavy (non-hydrogen) atoms. The number of nitrogens with zero attached hydrogens (tertiary/aromatic N) is 3. The maximum Gasteiger partial charge on any atom is 0.171 e. The van der Waals surface area contributed by atoms with E-state index in [1.165, 1.54) is 0 Å². The van der Waals surface area contributed by atoms with Gasteiger partial charge in [0.15, 0.2) is 5.92 Å². The molecule has 0 spiro atoms. The Bertz CT molecular complexity index is 543. The summed E-state index contributed by atoms with van der Waals surface area (Å²) in [6.45, 7) is 0. The first-order chi connectivity index (χ1) is 8.62. The molecule has 1 atom stereocenters. The lowest BCUT2D eigenvalue weighted by Crippen LogP contribution is -2.21. The molecule has 1 aromatic carbocycles. The predicted octanol–water partition coefficient (Wildman–Crippen LogP) is 2.71. The van der Waals surface area contributed by atoms with Gasteiger partial charge < -0.3 is 5.41 Å². The average molecular weight is 257 g/mol. The van der Waals surface area contributed by atoms with Crippen LogP contribution >= 0.6 is 11.6 Å². The lowest BCUT2D eigenvalue weighted by molar-refractivity contribution is 0.822. The minimum Gasteiger partial charge on any atom is -0.306 e. The molecule has 0 aromatic heterocycles. The first-order valence-corrected chi connectivity index (χ1v) is 5.51. The number of rotatable bonds is 4. The molecule has 0 aliphatic rings. The van der Waals surface area contributed by atoms with Crippen molar-refractivity contribution in [1.82, 2.24) is 0 Å². The molecule has 0 aliphatic carbocycles. The van der Waals surface area contributed by atoms with Gasteiger partial charge in [-0.1, -0.05) is 23.7 Å². The minimum absolute atomic E-state index is 0.155. The number of nitrogens with one attached hydrogen (secondary N) is 1. The van der Waals surface area contributed by atoms with Gasteiger partial charge in [-0.3, -0.25) is 0 Å². The lowest BCUT2D eigenvalue weighted by Gasteiger charge is -2.11. The van der Waals surface area contributed by atoms with Gasteiger partial charge in [0.05, 0.1) is 29.8 Å². The highest BCUT2D eigenvalue weighted by Gasteiger charge is 2.23. The van der Waals surface area contributed by atoms with Crippen molar-refractivity contribution in [2.75, 3.05) is 0 Å². The zero-order valence-electron chi connectivity index (χ0n) is 9.39. The molecule has 0 saturated heterocycles. The van der Waals surface area contributed by atoms with E-state index in [0.29, 0.717) is 11.4 Å². The molecular weight excluding hydrogens is 248 g/mol. The molecule has 1 N–H and O–H groups in total. The van der Waals surface area contributed by atoms with Crippen molar-refractivity contribution in [2.24, 2.45) is 11.8 Å². The first kappa shape index (κ1) is 13.7. The van der Waals surface area contributed by atoms with E-state index in [1.54, 1.807) is 36.4 Å². The van der Waals surface area contributed by atoms with Crippen LogP contribution in [0.1, 0.15) is 5.56 Å². The summed E-state index contributed by atoms with van der Waals surface area (Å²) in [5.74, 6) is -1.93. The molecule has 0 heterocycles. The summed E-state index contributed by atoms with van der Waals surface area (Å²) in [4.78, 5) is 0. The Morgan fingerprint density at radius 1 is 1.11 bits per heavy atom. The van der Waals surface area contributed by atoms with Gasteiger partial charge in [0, 0.05) is 5.02 Å². The van der Waals surface area contributed by atoms with Crippen LogP contribution in [0, 0.1) is 51.2 Å². The Kier molecular flexibility index (Phi) is 4.88. The van der Waals surface area contributed by atoms with Crippen LogP contribution in [0.4, 0.5) is 0 Å². The molecule has 0 radical (unpaired) electrons. The van der Waals surface area contributed by atoms with E-state index >= 15 is 0 Å². The van der Waals surface area contributed by atoms with E-state index in [0.717, 1.165) is 5.56 Å². The Labute approximate surface area is 110 Å². The molecule has 5 heteroatoms. The van der Waals surface area contributed by atoms with Gasteiger partial charge in [0.1, 0.15) is 0 Å². The van der Waals surface area contributed by atoms with Gasteiger partial charge in [0.2, 0.25) is 0 Å². The Balaban J connectivity index is 2.84. The zero-order chi connectivity index (χ0) is 13.5. The van der Waals surface area contributed by atoms with Crippen molar-refractivity contribution in [2.45, 2.75) is 6.42 Å². The Morgan fingerprint density at radius 3 is 2.11 bits per heavy atom. The van der Waals surface area contributed by atoms with Crippen molar-refractivity contribution in [3.8, 4) is 18.2 Å². The van der Waals surface area contributed by atoms with Gasteiger partial charge >= 0.3 is 0 Å². The van der Waals surface area contributed by atoms with Crippen molar-refractivity contribution in [1.29, 1.82) is 21.2 Å². The van der Waals surface area contributed by atoms with Gasteiger partial charge in [0.25, 0.3) is 0 Å². The normalized spacial score (nSPS) is 11.1. The number of nitriles is 3.